The fourth-order valence-electron chi connectivity index (χ4n) is 3.91. The van der Waals surface area contributed by atoms with E-state index >= 15 is 0 Å². The Balaban J connectivity index is 1.34. The summed E-state index contributed by atoms with van der Waals surface area (Å²) in [6, 6.07) is 8.26. The molecule has 2 aromatic rings. The molecule has 1 aromatic carbocycles. The van der Waals surface area contributed by atoms with Gasteiger partial charge < -0.3 is 15.2 Å². The van der Waals surface area contributed by atoms with Gasteiger partial charge in [0.2, 0.25) is 0 Å². The van der Waals surface area contributed by atoms with Gasteiger partial charge in [0.1, 0.15) is 5.82 Å². The lowest BCUT2D eigenvalue weighted by atomic mass is 10.2. The van der Waals surface area contributed by atoms with Crippen LogP contribution in [0.15, 0.2) is 24.3 Å². The topological polar surface area (TPSA) is 75.1 Å². The van der Waals surface area contributed by atoms with Crippen molar-refractivity contribution in [1.82, 2.24) is 25.0 Å². The van der Waals surface area contributed by atoms with E-state index < -0.39 is 0 Å². The van der Waals surface area contributed by atoms with Crippen LogP contribution < -0.4 is 10.6 Å². The Bertz CT molecular complexity index is 786. The summed E-state index contributed by atoms with van der Waals surface area (Å²) in [5.74, 6) is 1.93. The van der Waals surface area contributed by atoms with E-state index in [1.807, 2.05) is 24.3 Å². The van der Waals surface area contributed by atoms with Gasteiger partial charge in [-0.05, 0) is 44.9 Å². The van der Waals surface area contributed by atoms with Crippen LogP contribution in [0.1, 0.15) is 32.0 Å². The summed E-state index contributed by atoms with van der Waals surface area (Å²) in [5.41, 5.74) is 1.75. The van der Waals surface area contributed by atoms with Crippen LogP contribution in [0.4, 0.5) is 10.5 Å². The summed E-state index contributed by atoms with van der Waals surface area (Å²) in [6.07, 6.45) is 4.62. The van der Waals surface area contributed by atoms with Crippen molar-refractivity contribution in [3.63, 3.8) is 0 Å². The van der Waals surface area contributed by atoms with Gasteiger partial charge in [-0.1, -0.05) is 12.1 Å². The fraction of sp³-hybridized carbons (Fsp3) is 0.526. The van der Waals surface area contributed by atoms with Crippen LogP contribution in [0.2, 0.25) is 0 Å². The van der Waals surface area contributed by atoms with Crippen molar-refractivity contribution in [2.24, 2.45) is 0 Å². The number of hydrogen-bond acceptors (Lipinski definition) is 4. The van der Waals surface area contributed by atoms with Gasteiger partial charge in [-0.3, -0.25) is 4.90 Å². The fourth-order valence-corrected chi connectivity index (χ4v) is 3.91. The Morgan fingerprint density at radius 2 is 2.19 bits per heavy atom. The maximum Gasteiger partial charge on any atom is 0.319 e. The van der Waals surface area contributed by atoms with Gasteiger partial charge >= 0.3 is 6.03 Å². The predicted molar refractivity (Wildman–Crippen MR) is 101 cm³/mol. The normalized spacial score (nSPS) is 19.5. The minimum atomic E-state index is -0.166. The Morgan fingerprint density at radius 3 is 3.04 bits per heavy atom. The number of fused-ring (bicyclic) bond motifs is 1. The van der Waals surface area contributed by atoms with Gasteiger partial charge in [-0.25, -0.2) is 4.79 Å². The van der Waals surface area contributed by atoms with Gasteiger partial charge in [0.05, 0.1) is 0 Å². The standard InChI is InChI=1S/C19H26N6O/c1-14-5-3-10-24(14)12-9-20-19(26)21-16-7-2-6-15(13-16)18-23-22-17-8-4-11-25(17)18/h2,6-7,13-14H,3-5,8-12H2,1H3,(H2,20,21,26). The van der Waals surface area contributed by atoms with E-state index in [1.165, 1.54) is 12.8 Å². The molecule has 7 nitrogen and oxygen atoms in total. The molecule has 0 spiro atoms. The third-order valence-electron chi connectivity index (χ3n) is 5.36. The molecule has 1 saturated heterocycles. The first kappa shape index (κ1) is 17.0. The third-order valence-corrected chi connectivity index (χ3v) is 5.36. The van der Waals surface area contributed by atoms with Gasteiger partial charge in [0.25, 0.3) is 0 Å². The number of aromatic nitrogens is 3. The molecule has 26 heavy (non-hydrogen) atoms. The van der Waals surface area contributed by atoms with Crippen molar-refractivity contribution in [1.29, 1.82) is 0 Å². The van der Waals surface area contributed by atoms with E-state index in [2.05, 4.69) is 37.2 Å². The van der Waals surface area contributed by atoms with E-state index in [-0.39, 0.29) is 6.03 Å². The second-order valence-electron chi connectivity index (χ2n) is 7.18. The summed E-state index contributed by atoms with van der Waals surface area (Å²) in [4.78, 5) is 14.6. The summed E-state index contributed by atoms with van der Waals surface area (Å²) in [6.45, 7) is 5.91. The van der Waals surface area contributed by atoms with Gasteiger partial charge in [-0.15, -0.1) is 10.2 Å². The molecule has 0 saturated carbocycles. The molecular weight excluding hydrogens is 328 g/mol. The summed E-state index contributed by atoms with van der Waals surface area (Å²) in [5, 5.41) is 14.4. The summed E-state index contributed by atoms with van der Waals surface area (Å²) < 4.78 is 2.16. The number of aryl methyl sites for hydroxylation is 1. The highest BCUT2D eigenvalue weighted by Crippen LogP contribution is 2.25. The number of nitrogens with one attached hydrogen (secondary N) is 2. The molecule has 1 atom stereocenters. The maximum atomic E-state index is 12.2. The molecule has 7 heteroatoms. The molecule has 1 aromatic heterocycles. The monoisotopic (exact) mass is 354 g/mol. The van der Waals surface area contributed by atoms with Crippen LogP contribution in [0.5, 0.6) is 0 Å². The lowest BCUT2D eigenvalue weighted by Gasteiger charge is -2.20. The first-order chi connectivity index (χ1) is 12.7. The maximum absolute atomic E-state index is 12.2. The molecule has 2 amide bonds. The molecule has 2 aliphatic rings. The van der Waals surface area contributed by atoms with Gasteiger partial charge in [-0.2, -0.15) is 0 Å². The number of likely N-dealkylation sites (tertiary alicyclic amines) is 1. The number of nitrogens with zero attached hydrogens (tertiary/aromatic N) is 4. The number of urea groups is 1. The minimum Gasteiger partial charge on any atom is -0.337 e. The van der Waals surface area contributed by atoms with Crippen molar-refractivity contribution in [2.45, 2.75) is 45.2 Å². The van der Waals surface area contributed by atoms with Crippen LogP contribution in [0, 0.1) is 0 Å². The first-order valence-electron chi connectivity index (χ1n) is 9.52. The van der Waals surface area contributed by atoms with Crippen molar-refractivity contribution >= 4 is 11.7 Å². The Labute approximate surface area is 153 Å². The average molecular weight is 354 g/mol. The number of benzene rings is 1. The van der Waals surface area contributed by atoms with Crippen LogP contribution >= 0.6 is 0 Å². The van der Waals surface area contributed by atoms with Crippen LogP contribution in [-0.4, -0.2) is 51.4 Å². The Kier molecular flexibility index (Phi) is 4.88. The van der Waals surface area contributed by atoms with E-state index in [9.17, 15) is 4.79 Å². The third kappa shape index (κ3) is 3.58. The quantitative estimate of drug-likeness (QED) is 0.865. The SMILES string of the molecule is CC1CCCN1CCNC(=O)Nc1cccc(-c2nnc3n2CCC3)c1. The molecule has 0 bridgehead atoms. The molecule has 4 rings (SSSR count). The van der Waals surface area contributed by atoms with Gasteiger partial charge in [0.15, 0.2) is 5.82 Å². The number of carbonyl (C=O) groups is 1. The van der Waals surface area contributed by atoms with Crippen molar-refractivity contribution in [3.8, 4) is 11.4 Å². The van der Waals surface area contributed by atoms with Gasteiger partial charge in [0, 0.05) is 43.3 Å². The molecule has 138 valence electrons. The number of hydrogen-bond donors (Lipinski definition) is 2. The minimum absolute atomic E-state index is 0.166. The number of carbonyl (C=O) groups excluding carboxylic acids is 1. The predicted octanol–water partition coefficient (Wildman–Crippen LogP) is 2.50. The van der Waals surface area contributed by atoms with E-state index in [1.54, 1.807) is 0 Å². The Hall–Kier alpha value is -2.41. The molecule has 1 fully saturated rings. The second-order valence-corrected chi connectivity index (χ2v) is 7.18. The molecule has 1 unspecified atom stereocenters. The van der Waals surface area contributed by atoms with E-state index in [0.717, 1.165) is 55.4 Å². The molecule has 0 aliphatic carbocycles. The highest BCUT2D eigenvalue weighted by atomic mass is 16.2. The highest BCUT2D eigenvalue weighted by Gasteiger charge is 2.20. The largest absolute Gasteiger partial charge is 0.337 e. The molecule has 2 N–H and O–H groups in total. The van der Waals surface area contributed by atoms with Crippen molar-refractivity contribution < 1.29 is 4.79 Å². The Morgan fingerprint density at radius 1 is 1.27 bits per heavy atom. The van der Waals surface area contributed by atoms with Crippen LogP contribution in [0.25, 0.3) is 11.4 Å². The molecule has 2 aliphatic heterocycles. The van der Waals surface area contributed by atoms with Crippen molar-refractivity contribution in [3.05, 3.63) is 30.1 Å². The van der Waals surface area contributed by atoms with E-state index in [0.29, 0.717) is 12.6 Å². The zero-order valence-electron chi connectivity index (χ0n) is 15.2. The summed E-state index contributed by atoms with van der Waals surface area (Å²) in [7, 11) is 0. The van der Waals surface area contributed by atoms with Crippen LogP contribution in [0.3, 0.4) is 0 Å². The number of anilines is 1. The number of amides is 2. The molecule has 3 heterocycles. The van der Waals surface area contributed by atoms with E-state index in [4.69, 9.17) is 0 Å². The molecule has 0 radical (unpaired) electrons. The average Bonchev–Trinajstić information content (AvgIpc) is 3.32. The molecular formula is C19H26N6O. The smallest absolute Gasteiger partial charge is 0.319 e. The lowest BCUT2D eigenvalue weighted by molar-refractivity contribution is 0.243. The highest BCUT2D eigenvalue weighted by molar-refractivity contribution is 5.89. The van der Waals surface area contributed by atoms with Crippen molar-refractivity contribution in [2.75, 3.05) is 25.0 Å². The zero-order chi connectivity index (χ0) is 17.9. The number of rotatable bonds is 5. The van der Waals surface area contributed by atoms with Crippen LogP contribution in [-0.2, 0) is 13.0 Å². The zero-order valence-corrected chi connectivity index (χ0v) is 15.2. The second kappa shape index (κ2) is 7.45. The first-order valence-corrected chi connectivity index (χ1v) is 9.52. The summed E-state index contributed by atoms with van der Waals surface area (Å²) >= 11 is 0. The lowest BCUT2D eigenvalue weighted by Crippen LogP contribution is -2.38.